The second kappa shape index (κ2) is 5.40. The van der Waals surface area contributed by atoms with Crippen molar-refractivity contribution in [3.63, 3.8) is 0 Å². The van der Waals surface area contributed by atoms with Crippen molar-refractivity contribution in [1.29, 1.82) is 0 Å². The summed E-state index contributed by atoms with van der Waals surface area (Å²) >= 11 is 0. The van der Waals surface area contributed by atoms with Crippen molar-refractivity contribution in [1.82, 2.24) is 10.5 Å². The van der Waals surface area contributed by atoms with Gasteiger partial charge in [-0.3, -0.25) is 10.3 Å². The first-order valence-electron chi connectivity index (χ1n) is 6.34. The standard InChI is InChI=1S/C14H21N3O/c1-14(2,3)18-16-12-7-10-17(11-8-12)13-6-4-5-9-15-13/h4-7,9,16H,8,10-11H2,1-3H3. The lowest BCUT2D eigenvalue weighted by atomic mass is 10.2. The van der Waals surface area contributed by atoms with Crippen LogP contribution in [0.15, 0.2) is 36.2 Å². The molecular weight excluding hydrogens is 226 g/mol. The molecule has 0 unspecified atom stereocenters. The van der Waals surface area contributed by atoms with Gasteiger partial charge in [0.2, 0.25) is 0 Å². The van der Waals surface area contributed by atoms with Gasteiger partial charge in [-0.15, -0.1) is 0 Å². The minimum absolute atomic E-state index is 0.168. The van der Waals surface area contributed by atoms with Gasteiger partial charge in [0.15, 0.2) is 0 Å². The first kappa shape index (κ1) is 12.9. The molecule has 2 rings (SSSR count). The molecule has 0 atom stereocenters. The second-order valence-electron chi connectivity index (χ2n) is 5.43. The first-order chi connectivity index (χ1) is 8.54. The van der Waals surface area contributed by atoms with E-state index in [0.29, 0.717) is 0 Å². The molecule has 0 radical (unpaired) electrons. The molecule has 4 nitrogen and oxygen atoms in total. The Hall–Kier alpha value is -1.55. The topological polar surface area (TPSA) is 37.4 Å². The highest BCUT2D eigenvalue weighted by Gasteiger charge is 2.15. The third kappa shape index (κ3) is 3.74. The number of hydrogen-bond donors (Lipinski definition) is 1. The van der Waals surface area contributed by atoms with E-state index in [9.17, 15) is 0 Å². The summed E-state index contributed by atoms with van der Waals surface area (Å²) in [4.78, 5) is 12.2. The van der Waals surface area contributed by atoms with Gasteiger partial charge < -0.3 is 4.90 Å². The van der Waals surface area contributed by atoms with Gasteiger partial charge in [0.1, 0.15) is 5.82 Å². The summed E-state index contributed by atoms with van der Waals surface area (Å²) in [6, 6.07) is 5.99. The zero-order chi connectivity index (χ0) is 13.0. The molecule has 0 spiro atoms. The van der Waals surface area contributed by atoms with Gasteiger partial charge in [-0.25, -0.2) is 4.98 Å². The van der Waals surface area contributed by atoms with E-state index in [0.717, 1.165) is 31.0 Å². The van der Waals surface area contributed by atoms with Crippen molar-refractivity contribution in [2.24, 2.45) is 0 Å². The second-order valence-corrected chi connectivity index (χ2v) is 5.43. The fourth-order valence-electron chi connectivity index (χ4n) is 1.73. The van der Waals surface area contributed by atoms with E-state index in [1.54, 1.807) is 0 Å². The molecule has 0 bridgehead atoms. The van der Waals surface area contributed by atoms with Crippen LogP contribution in [0.25, 0.3) is 0 Å². The van der Waals surface area contributed by atoms with Crippen LogP contribution in [0.3, 0.4) is 0 Å². The molecule has 1 N–H and O–H groups in total. The van der Waals surface area contributed by atoms with Gasteiger partial charge >= 0.3 is 0 Å². The molecule has 0 saturated heterocycles. The number of nitrogens with zero attached hydrogens (tertiary/aromatic N) is 2. The summed E-state index contributed by atoms with van der Waals surface area (Å²) in [5.74, 6) is 1.03. The Balaban J connectivity index is 1.88. The largest absolute Gasteiger partial charge is 0.352 e. The predicted octanol–water partition coefficient (Wildman–Crippen LogP) is 2.50. The summed E-state index contributed by atoms with van der Waals surface area (Å²) in [5, 5.41) is 0. The summed E-state index contributed by atoms with van der Waals surface area (Å²) in [6.45, 7) is 7.92. The Labute approximate surface area is 109 Å². The number of hydroxylamine groups is 1. The number of pyridine rings is 1. The SMILES string of the molecule is CC(C)(C)ONC1=CCN(c2ccccn2)CC1. The lowest BCUT2D eigenvalue weighted by Crippen LogP contribution is -2.35. The molecule has 0 saturated carbocycles. The van der Waals surface area contributed by atoms with Crippen LogP contribution in [0.4, 0.5) is 5.82 Å². The number of anilines is 1. The highest BCUT2D eigenvalue weighted by atomic mass is 16.7. The van der Waals surface area contributed by atoms with Crippen LogP contribution in [0, 0.1) is 0 Å². The average Bonchev–Trinajstić information content (AvgIpc) is 2.37. The van der Waals surface area contributed by atoms with Crippen molar-refractivity contribution in [3.05, 3.63) is 36.2 Å². The maximum atomic E-state index is 5.56. The van der Waals surface area contributed by atoms with Crippen molar-refractivity contribution in [2.75, 3.05) is 18.0 Å². The number of aromatic nitrogens is 1. The van der Waals surface area contributed by atoms with E-state index in [1.165, 1.54) is 0 Å². The van der Waals surface area contributed by atoms with E-state index < -0.39 is 0 Å². The molecule has 0 fully saturated rings. The van der Waals surface area contributed by atoms with Crippen LogP contribution in [0.1, 0.15) is 27.2 Å². The van der Waals surface area contributed by atoms with E-state index in [1.807, 2.05) is 45.2 Å². The lowest BCUT2D eigenvalue weighted by Gasteiger charge is -2.29. The van der Waals surface area contributed by atoms with Crippen LogP contribution in [-0.4, -0.2) is 23.7 Å². The minimum atomic E-state index is -0.168. The molecule has 1 aromatic heterocycles. The molecular formula is C14H21N3O. The summed E-state index contributed by atoms with van der Waals surface area (Å²) in [5.41, 5.74) is 4.03. The zero-order valence-electron chi connectivity index (χ0n) is 11.3. The Morgan fingerprint density at radius 1 is 1.33 bits per heavy atom. The van der Waals surface area contributed by atoms with Crippen LogP contribution in [0.2, 0.25) is 0 Å². The average molecular weight is 247 g/mol. The van der Waals surface area contributed by atoms with Crippen LogP contribution < -0.4 is 10.4 Å². The Bertz CT molecular complexity index is 409. The van der Waals surface area contributed by atoms with Crippen LogP contribution in [-0.2, 0) is 4.84 Å². The fourth-order valence-corrected chi connectivity index (χ4v) is 1.73. The monoisotopic (exact) mass is 247 g/mol. The van der Waals surface area contributed by atoms with Gasteiger partial charge in [-0.2, -0.15) is 0 Å². The molecule has 98 valence electrons. The molecule has 18 heavy (non-hydrogen) atoms. The third-order valence-corrected chi connectivity index (χ3v) is 2.67. The molecule has 0 amide bonds. The minimum Gasteiger partial charge on any atom is -0.352 e. The van der Waals surface area contributed by atoms with Gasteiger partial charge in [0.05, 0.1) is 5.60 Å². The normalized spacial score (nSPS) is 16.4. The third-order valence-electron chi connectivity index (χ3n) is 2.67. The Morgan fingerprint density at radius 3 is 2.72 bits per heavy atom. The van der Waals surface area contributed by atoms with Gasteiger partial charge in [0.25, 0.3) is 0 Å². The highest BCUT2D eigenvalue weighted by molar-refractivity contribution is 5.40. The van der Waals surface area contributed by atoms with Crippen molar-refractivity contribution >= 4 is 5.82 Å². The fraction of sp³-hybridized carbons (Fsp3) is 0.500. The van der Waals surface area contributed by atoms with E-state index in [2.05, 4.69) is 21.4 Å². The number of hydrogen-bond acceptors (Lipinski definition) is 4. The highest BCUT2D eigenvalue weighted by Crippen LogP contribution is 2.16. The quantitative estimate of drug-likeness (QED) is 0.833. The van der Waals surface area contributed by atoms with Crippen LogP contribution >= 0.6 is 0 Å². The lowest BCUT2D eigenvalue weighted by molar-refractivity contribution is -0.0593. The molecule has 1 aliphatic rings. The zero-order valence-corrected chi connectivity index (χ0v) is 11.3. The molecule has 2 heterocycles. The molecule has 0 aromatic carbocycles. The summed E-state index contributed by atoms with van der Waals surface area (Å²) in [7, 11) is 0. The van der Waals surface area contributed by atoms with Gasteiger partial charge in [0, 0.05) is 31.4 Å². The van der Waals surface area contributed by atoms with Gasteiger partial charge in [-0.05, 0) is 39.0 Å². The molecule has 1 aliphatic heterocycles. The van der Waals surface area contributed by atoms with Crippen LogP contribution in [0.5, 0.6) is 0 Å². The first-order valence-corrected chi connectivity index (χ1v) is 6.34. The molecule has 1 aromatic rings. The Morgan fingerprint density at radius 2 is 2.17 bits per heavy atom. The van der Waals surface area contributed by atoms with Crippen molar-refractivity contribution in [3.8, 4) is 0 Å². The smallest absolute Gasteiger partial charge is 0.128 e. The van der Waals surface area contributed by atoms with Crippen molar-refractivity contribution < 1.29 is 4.84 Å². The predicted molar refractivity (Wildman–Crippen MR) is 73.1 cm³/mol. The number of rotatable bonds is 3. The molecule has 0 aliphatic carbocycles. The summed E-state index contributed by atoms with van der Waals surface area (Å²) < 4.78 is 0. The maximum absolute atomic E-state index is 5.56. The van der Waals surface area contributed by atoms with Gasteiger partial charge in [-0.1, -0.05) is 6.07 Å². The van der Waals surface area contributed by atoms with E-state index in [-0.39, 0.29) is 5.60 Å². The van der Waals surface area contributed by atoms with E-state index in [4.69, 9.17) is 4.84 Å². The maximum Gasteiger partial charge on any atom is 0.128 e. The Kier molecular flexibility index (Phi) is 3.87. The van der Waals surface area contributed by atoms with Crippen molar-refractivity contribution in [2.45, 2.75) is 32.8 Å². The number of nitrogens with one attached hydrogen (secondary N) is 1. The van der Waals surface area contributed by atoms with E-state index >= 15 is 0 Å². The molecule has 4 heteroatoms. The summed E-state index contributed by atoms with van der Waals surface area (Å²) in [6.07, 6.45) is 4.94.